The van der Waals surface area contributed by atoms with Gasteiger partial charge in [0.25, 0.3) is 0 Å². The number of rotatable bonds is 1. The van der Waals surface area contributed by atoms with E-state index >= 15 is 0 Å². The Bertz CT molecular complexity index is 476. The van der Waals surface area contributed by atoms with E-state index < -0.39 is 0 Å². The van der Waals surface area contributed by atoms with Gasteiger partial charge in [-0.15, -0.1) is 11.3 Å². The summed E-state index contributed by atoms with van der Waals surface area (Å²) < 4.78 is 9.03. The van der Waals surface area contributed by atoms with Crippen molar-refractivity contribution in [2.24, 2.45) is 5.73 Å². The fourth-order valence-electron chi connectivity index (χ4n) is 2.06. The molecule has 1 aliphatic heterocycles. The van der Waals surface area contributed by atoms with Crippen LogP contribution in [0, 0.1) is 0 Å². The third kappa shape index (κ3) is 1.39. The van der Waals surface area contributed by atoms with E-state index in [0.29, 0.717) is 6.54 Å². The molecule has 0 spiro atoms. The molecule has 2 aromatic heterocycles. The number of ether oxygens (including phenoxy) is 1. The van der Waals surface area contributed by atoms with Crippen molar-refractivity contribution >= 4 is 21.6 Å². The van der Waals surface area contributed by atoms with Crippen LogP contribution in [-0.4, -0.2) is 22.9 Å². The fourth-order valence-corrected chi connectivity index (χ4v) is 2.98. The highest BCUT2D eigenvalue weighted by molar-refractivity contribution is 7.17. The highest BCUT2D eigenvalue weighted by Gasteiger charge is 2.23. The number of hydrogen-bond donors (Lipinski definition) is 1. The maximum absolute atomic E-state index is 5.75. The average molecular weight is 223 g/mol. The molecule has 0 saturated heterocycles. The third-order valence-corrected chi connectivity index (χ3v) is 3.66. The second-order valence-electron chi connectivity index (χ2n) is 3.69. The van der Waals surface area contributed by atoms with Crippen LogP contribution in [0.25, 0.3) is 10.2 Å². The van der Waals surface area contributed by atoms with Crippen molar-refractivity contribution in [2.45, 2.75) is 19.1 Å². The highest BCUT2D eigenvalue weighted by Crippen LogP contribution is 2.31. The van der Waals surface area contributed by atoms with Crippen LogP contribution in [0.3, 0.4) is 0 Å². The molecule has 1 aliphatic rings. The SMILES string of the molecule is NC[C@H]1OCCCn2nc3ccsc3c21. The van der Waals surface area contributed by atoms with E-state index in [1.54, 1.807) is 11.3 Å². The molecule has 2 aromatic rings. The Morgan fingerprint density at radius 3 is 3.47 bits per heavy atom. The van der Waals surface area contributed by atoms with Gasteiger partial charge in [0.15, 0.2) is 0 Å². The van der Waals surface area contributed by atoms with Crippen molar-refractivity contribution in [1.29, 1.82) is 0 Å². The van der Waals surface area contributed by atoms with Crippen LogP contribution in [0.1, 0.15) is 18.2 Å². The summed E-state index contributed by atoms with van der Waals surface area (Å²) in [6.07, 6.45) is 1.02. The van der Waals surface area contributed by atoms with Gasteiger partial charge < -0.3 is 10.5 Å². The normalized spacial score (nSPS) is 21.5. The van der Waals surface area contributed by atoms with Gasteiger partial charge in [-0.05, 0) is 17.9 Å². The van der Waals surface area contributed by atoms with Crippen molar-refractivity contribution in [3.63, 3.8) is 0 Å². The number of nitrogens with zero attached hydrogens (tertiary/aromatic N) is 2. The van der Waals surface area contributed by atoms with Crippen molar-refractivity contribution in [3.8, 4) is 0 Å². The molecule has 80 valence electrons. The van der Waals surface area contributed by atoms with Crippen LogP contribution in [0.4, 0.5) is 0 Å². The zero-order valence-electron chi connectivity index (χ0n) is 8.35. The Morgan fingerprint density at radius 1 is 1.67 bits per heavy atom. The smallest absolute Gasteiger partial charge is 0.113 e. The van der Waals surface area contributed by atoms with Crippen LogP contribution in [0.15, 0.2) is 11.4 Å². The van der Waals surface area contributed by atoms with Crippen LogP contribution < -0.4 is 5.73 Å². The first kappa shape index (κ1) is 9.33. The van der Waals surface area contributed by atoms with Gasteiger partial charge in [-0.1, -0.05) is 0 Å². The molecule has 0 fully saturated rings. The molecule has 1 atom stereocenters. The molecule has 0 bridgehead atoms. The van der Waals surface area contributed by atoms with Crippen molar-refractivity contribution in [2.75, 3.05) is 13.2 Å². The van der Waals surface area contributed by atoms with Crippen LogP contribution in [0.2, 0.25) is 0 Å². The van der Waals surface area contributed by atoms with Crippen LogP contribution >= 0.6 is 11.3 Å². The topological polar surface area (TPSA) is 53.1 Å². The van der Waals surface area contributed by atoms with Gasteiger partial charge in [-0.2, -0.15) is 5.10 Å². The van der Waals surface area contributed by atoms with Gasteiger partial charge in [0.05, 0.1) is 10.4 Å². The zero-order valence-corrected chi connectivity index (χ0v) is 9.17. The van der Waals surface area contributed by atoms with Crippen molar-refractivity contribution in [1.82, 2.24) is 9.78 Å². The Hall–Kier alpha value is -0.910. The molecule has 0 radical (unpaired) electrons. The maximum Gasteiger partial charge on any atom is 0.113 e. The monoisotopic (exact) mass is 223 g/mol. The summed E-state index contributed by atoms with van der Waals surface area (Å²) in [5, 5.41) is 6.63. The van der Waals surface area contributed by atoms with Gasteiger partial charge in [0.1, 0.15) is 11.6 Å². The maximum atomic E-state index is 5.75. The molecule has 0 aliphatic carbocycles. The standard InChI is InChI=1S/C10H13N3OS/c11-6-8-9-10-7(2-5-15-10)12-13(9)3-1-4-14-8/h2,5,8H,1,3-4,6,11H2/t8-/m1/s1. The molecular weight excluding hydrogens is 210 g/mol. The Kier molecular flexibility index (Phi) is 2.23. The first-order valence-corrected chi connectivity index (χ1v) is 6.03. The molecule has 3 rings (SSSR count). The summed E-state index contributed by atoms with van der Waals surface area (Å²) in [6.45, 7) is 2.24. The lowest BCUT2D eigenvalue weighted by Crippen LogP contribution is -2.17. The lowest BCUT2D eigenvalue weighted by molar-refractivity contribution is 0.0630. The molecular formula is C10H13N3OS. The van der Waals surface area contributed by atoms with E-state index in [4.69, 9.17) is 10.5 Å². The molecule has 15 heavy (non-hydrogen) atoms. The van der Waals surface area contributed by atoms with Crippen molar-refractivity contribution < 1.29 is 4.74 Å². The molecule has 0 unspecified atom stereocenters. The summed E-state index contributed by atoms with van der Waals surface area (Å²) in [4.78, 5) is 0. The molecule has 2 N–H and O–H groups in total. The second kappa shape index (κ2) is 3.59. The number of hydrogen-bond acceptors (Lipinski definition) is 4. The number of thiophene rings is 1. The number of aryl methyl sites for hydroxylation is 1. The van der Waals surface area contributed by atoms with Crippen LogP contribution in [-0.2, 0) is 11.3 Å². The van der Waals surface area contributed by atoms with Gasteiger partial charge in [-0.3, -0.25) is 4.68 Å². The molecule has 0 saturated carbocycles. The minimum Gasteiger partial charge on any atom is -0.370 e. The van der Waals surface area contributed by atoms with Gasteiger partial charge in [0, 0.05) is 19.7 Å². The van der Waals surface area contributed by atoms with Crippen LogP contribution in [0.5, 0.6) is 0 Å². The number of nitrogens with two attached hydrogens (primary N) is 1. The average Bonchev–Trinajstić information content (AvgIpc) is 2.74. The van der Waals surface area contributed by atoms with Crippen molar-refractivity contribution in [3.05, 3.63) is 17.1 Å². The summed E-state index contributed by atoms with van der Waals surface area (Å²) in [5.41, 5.74) is 7.98. The fraction of sp³-hybridized carbons (Fsp3) is 0.500. The minimum absolute atomic E-state index is 0.0103. The molecule has 0 amide bonds. The van der Waals surface area contributed by atoms with Gasteiger partial charge >= 0.3 is 0 Å². The molecule has 3 heterocycles. The largest absolute Gasteiger partial charge is 0.370 e. The molecule has 0 aromatic carbocycles. The first-order valence-electron chi connectivity index (χ1n) is 5.15. The summed E-state index contributed by atoms with van der Waals surface area (Å²) in [5.74, 6) is 0. The summed E-state index contributed by atoms with van der Waals surface area (Å²) in [7, 11) is 0. The lowest BCUT2D eigenvalue weighted by atomic mass is 10.2. The second-order valence-corrected chi connectivity index (χ2v) is 4.61. The Balaban J connectivity index is 2.20. The van der Waals surface area contributed by atoms with E-state index in [1.165, 1.54) is 10.4 Å². The van der Waals surface area contributed by atoms with Gasteiger partial charge in [-0.25, -0.2) is 0 Å². The molecule has 4 nitrogen and oxygen atoms in total. The minimum atomic E-state index is 0.0103. The van der Waals surface area contributed by atoms with E-state index in [9.17, 15) is 0 Å². The summed E-state index contributed by atoms with van der Waals surface area (Å²) in [6, 6.07) is 2.05. The van der Waals surface area contributed by atoms with E-state index in [0.717, 1.165) is 25.1 Å². The van der Waals surface area contributed by atoms with Gasteiger partial charge in [0.2, 0.25) is 0 Å². The first-order chi connectivity index (χ1) is 7.40. The lowest BCUT2D eigenvalue weighted by Gasteiger charge is -2.12. The highest BCUT2D eigenvalue weighted by atomic mass is 32.1. The Labute approximate surface area is 91.6 Å². The van der Waals surface area contributed by atoms with E-state index in [-0.39, 0.29) is 6.10 Å². The predicted octanol–water partition coefficient (Wildman–Crippen LogP) is 1.52. The Morgan fingerprint density at radius 2 is 2.60 bits per heavy atom. The predicted molar refractivity (Wildman–Crippen MR) is 60.0 cm³/mol. The quantitative estimate of drug-likeness (QED) is 0.797. The number of fused-ring (bicyclic) bond motifs is 3. The number of aromatic nitrogens is 2. The zero-order chi connectivity index (χ0) is 10.3. The van der Waals surface area contributed by atoms with E-state index in [2.05, 4.69) is 21.2 Å². The third-order valence-electron chi connectivity index (χ3n) is 2.74. The van der Waals surface area contributed by atoms with E-state index in [1.807, 2.05) is 0 Å². The summed E-state index contributed by atoms with van der Waals surface area (Å²) >= 11 is 1.72. The molecule has 5 heteroatoms.